The van der Waals surface area contributed by atoms with Gasteiger partial charge in [0.25, 0.3) is 0 Å². The van der Waals surface area contributed by atoms with E-state index >= 15 is 0 Å². The minimum absolute atomic E-state index is 0.148. The van der Waals surface area contributed by atoms with E-state index < -0.39 is 3.98 Å². The lowest BCUT2D eigenvalue weighted by Crippen LogP contribution is -2.04. The summed E-state index contributed by atoms with van der Waals surface area (Å²) in [6.07, 6.45) is 0. The number of rotatable bonds is 1. The minimum atomic E-state index is -1.79. The van der Waals surface area contributed by atoms with Crippen LogP contribution in [-0.4, -0.2) is 3.98 Å². The first kappa shape index (κ1) is 8.70. The van der Waals surface area contributed by atoms with E-state index in [4.69, 9.17) is 46.4 Å². The minimum Gasteiger partial charge on any atom is -0.435 e. The molecule has 0 aromatic carbocycles. The third-order valence-corrected chi connectivity index (χ3v) is 0.535. The number of alkyl halides is 3. The predicted molar refractivity (Wildman–Crippen MR) is 36.4 cm³/mol. The summed E-state index contributed by atoms with van der Waals surface area (Å²) >= 11 is 20.4. The van der Waals surface area contributed by atoms with Gasteiger partial charge in [-0.2, -0.15) is 0 Å². The van der Waals surface area contributed by atoms with Crippen LogP contribution in [-0.2, 0) is 4.74 Å². The van der Waals surface area contributed by atoms with Gasteiger partial charge in [0.05, 0.1) is 0 Å². The van der Waals surface area contributed by atoms with E-state index in [9.17, 15) is 0 Å². The Bertz CT molecular complexity index is 93.9. The van der Waals surface area contributed by atoms with Crippen LogP contribution in [0.1, 0.15) is 0 Å². The highest BCUT2D eigenvalue weighted by Crippen LogP contribution is 2.30. The SMILES string of the molecule is C=C(Cl)OC(Cl)(Cl)Cl. The average molecular weight is 196 g/mol. The first-order valence-electron chi connectivity index (χ1n) is 1.52. The number of hydrogen-bond acceptors (Lipinski definition) is 1. The van der Waals surface area contributed by atoms with Crippen LogP contribution in [0.25, 0.3) is 0 Å². The summed E-state index contributed by atoms with van der Waals surface area (Å²) in [6, 6.07) is 0. The summed E-state index contributed by atoms with van der Waals surface area (Å²) in [5, 5.41) is -0.148. The molecule has 0 aliphatic heterocycles. The zero-order chi connectivity index (χ0) is 6.78. The van der Waals surface area contributed by atoms with Gasteiger partial charge in [0.2, 0.25) is 0 Å². The number of ether oxygens (including phenoxy) is 1. The maximum Gasteiger partial charge on any atom is 0.339 e. The second-order valence-corrected chi connectivity index (χ2v) is 3.50. The molecule has 0 aliphatic carbocycles. The largest absolute Gasteiger partial charge is 0.435 e. The van der Waals surface area contributed by atoms with Gasteiger partial charge in [-0.3, -0.25) is 0 Å². The van der Waals surface area contributed by atoms with Crippen molar-refractivity contribution < 1.29 is 4.74 Å². The Morgan fingerprint density at radius 3 is 1.75 bits per heavy atom. The summed E-state index contributed by atoms with van der Waals surface area (Å²) in [4.78, 5) is 0. The number of halogens is 4. The molecule has 0 saturated carbocycles. The molecule has 5 heteroatoms. The Morgan fingerprint density at radius 1 is 1.38 bits per heavy atom. The Morgan fingerprint density at radius 2 is 1.75 bits per heavy atom. The van der Waals surface area contributed by atoms with Gasteiger partial charge in [0.1, 0.15) is 0 Å². The highest BCUT2D eigenvalue weighted by Gasteiger charge is 2.21. The summed E-state index contributed by atoms with van der Waals surface area (Å²) in [7, 11) is 0. The highest BCUT2D eigenvalue weighted by molar-refractivity contribution is 6.66. The van der Waals surface area contributed by atoms with Crippen LogP contribution < -0.4 is 0 Å². The van der Waals surface area contributed by atoms with Crippen molar-refractivity contribution in [1.82, 2.24) is 0 Å². The summed E-state index contributed by atoms with van der Waals surface area (Å²) in [6.45, 7) is 3.13. The van der Waals surface area contributed by atoms with Crippen molar-refractivity contribution in [1.29, 1.82) is 0 Å². The topological polar surface area (TPSA) is 9.23 Å². The fraction of sp³-hybridized carbons (Fsp3) is 0.333. The number of hydrogen-bond donors (Lipinski definition) is 0. The van der Waals surface area contributed by atoms with Crippen LogP contribution in [0.15, 0.2) is 11.8 Å². The Labute approximate surface area is 67.1 Å². The van der Waals surface area contributed by atoms with Crippen molar-refractivity contribution in [3.63, 3.8) is 0 Å². The first-order valence-corrected chi connectivity index (χ1v) is 3.03. The van der Waals surface area contributed by atoms with Crippen LogP contribution in [0.4, 0.5) is 0 Å². The lowest BCUT2D eigenvalue weighted by Gasteiger charge is -2.10. The summed E-state index contributed by atoms with van der Waals surface area (Å²) in [5.74, 6) is 0. The van der Waals surface area contributed by atoms with E-state index in [1.165, 1.54) is 0 Å². The molecule has 0 bridgehead atoms. The smallest absolute Gasteiger partial charge is 0.339 e. The standard InChI is InChI=1S/C3H2Cl4O/c1-2(4)8-3(5,6)7/h1H2. The van der Waals surface area contributed by atoms with Crippen molar-refractivity contribution in [3.8, 4) is 0 Å². The van der Waals surface area contributed by atoms with E-state index in [1.54, 1.807) is 0 Å². The molecule has 0 aromatic heterocycles. The molecule has 8 heavy (non-hydrogen) atoms. The molecule has 0 radical (unpaired) electrons. The normalized spacial score (nSPS) is 11.0. The molecule has 0 aliphatic rings. The van der Waals surface area contributed by atoms with Gasteiger partial charge < -0.3 is 4.74 Å². The van der Waals surface area contributed by atoms with Gasteiger partial charge in [-0.05, 0) is 53.0 Å². The second kappa shape index (κ2) is 3.02. The lowest BCUT2D eigenvalue weighted by molar-refractivity contribution is 0.236. The molecule has 0 heterocycles. The van der Waals surface area contributed by atoms with Crippen LogP contribution >= 0.6 is 46.4 Å². The molecule has 48 valence electrons. The van der Waals surface area contributed by atoms with E-state index in [0.717, 1.165) is 0 Å². The lowest BCUT2D eigenvalue weighted by atomic mass is 11.1. The quantitative estimate of drug-likeness (QED) is 0.462. The molecule has 0 atom stereocenters. The van der Waals surface area contributed by atoms with Gasteiger partial charge in [0, 0.05) is 0 Å². The predicted octanol–water partition coefficient (Wildman–Crippen LogP) is 3.04. The average Bonchev–Trinajstić information content (AvgIpc) is 1.21. The Balaban J connectivity index is 3.55. The maximum atomic E-state index is 5.09. The van der Waals surface area contributed by atoms with Crippen molar-refractivity contribution in [2.45, 2.75) is 3.98 Å². The van der Waals surface area contributed by atoms with Crippen LogP contribution in [0.2, 0.25) is 0 Å². The third kappa shape index (κ3) is 6.70. The Hall–Kier alpha value is 0.700. The molecule has 0 unspecified atom stereocenters. The fourth-order valence-corrected chi connectivity index (χ4v) is 0.639. The van der Waals surface area contributed by atoms with E-state index in [1.807, 2.05) is 0 Å². The van der Waals surface area contributed by atoms with Gasteiger partial charge >= 0.3 is 3.98 Å². The second-order valence-electron chi connectivity index (χ2n) is 0.903. The molecule has 0 fully saturated rings. The first-order chi connectivity index (χ1) is 3.42. The van der Waals surface area contributed by atoms with Crippen molar-refractivity contribution in [2.24, 2.45) is 0 Å². The third-order valence-electron chi connectivity index (χ3n) is 0.226. The molecular formula is C3H2Cl4O. The molecular weight excluding hydrogens is 194 g/mol. The van der Waals surface area contributed by atoms with Crippen molar-refractivity contribution >= 4 is 46.4 Å². The van der Waals surface area contributed by atoms with Gasteiger partial charge in [-0.1, -0.05) is 0 Å². The van der Waals surface area contributed by atoms with E-state index in [-0.39, 0.29) is 5.22 Å². The van der Waals surface area contributed by atoms with E-state index in [2.05, 4.69) is 11.3 Å². The molecule has 0 rings (SSSR count). The van der Waals surface area contributed by atoms with Crippen LogP contribution in [0.5, 0.6) is 0 Å². The maximum absolute atomic E-state index is 5.09. The highest BCUT2D eigenvalue weighted by atomic mass is 35.6. The molecule has 0 spiro atoms. The van der Waals surface area contributed by atoms with E-state index in [0.29, 0.717) is 0 Å². The monoisotopic (exact) mass is 194 g/mol. The zero-order valence-corrected chi connectivity index (χ0v) is 6.65. The summed E-state index contributed by atoms with van der Waals surface area (Å²) < 4.78 is 2.51. The van der Waals surface area contributed by atoms with Crippen molar-refractivity contribution in [2.75, 3.05) is 0 Å². The van der Waals surface area contributed by atoms with Gasteiger partial charge in [-0.25, -0.2) is 0 Å². The molecule has 0 amide bonds. The van der Waals surface area contributed by atoms with Crippen LogP contribution in [0, 0.1) is 0 Å². The molecule has 0 N–H and O–H groups in total. The van der Waals surface area contributed by atoms with Crippen LogP contribution in [0.3, 0.4) is 0 Å². The van der Waals surface area contributed by atoms with Gasteiger partial charge in [-0.15, -0.1) is 0 Å². The molecule has 0 aromatic rings. The summed E-state index contributed by atoms with van der Waals surface area (Å²) in [5.41, 5.74) is 0. The zero-order valence-electron chi connectivity index (χ0n) is 3.63. The molecule has 1 nitrogen and oxygen atoms in total. The van der Waals surface area contributed by atoms with Gasteiger partial charge in [0.15, 0.2) is 5.22 Å². The fourth-order valence-electron chi connectivity index (χ4n) is 0.126. The van der Waals surface area contributed by atoms with Crippen molar-refractivity contribution in [3.05, 3.63) is 11.8 Å². The Kier molecular flexibility index (Phi) is 3.28. The molecule has 0 saturated heterocycles.